The first kappa shape index (κ1) is 26.4. The number of nitrogen functional groups attached to an aromatic ring is 1. The Hall–Kier alpha value is -3.81. The van der Waals surface area contributed by atoms with Gasteiger partial charge in [0, 0.05) is 23.4 Å². The molecule has 0 saturated heterocycles. The molecule has 0 aliphatic carbocycles. The molecule has 11 heteroatoms. The number of halogens is 3. The fourth-order valence-electron chi connectivity index (χ4n) is 2.99. The molecule has 5 N–H and O–H groups in total. The largest absolute Gasteiger partial charge is 0.401 e. The van der Waals surface area contributed by atoms with E-state index in [1.165, 1.54) is 6.92 Å². The first-order chi connectivity index (χ1) is 15.6. The third kappa shape index (κ3) is 5.22. The molecule has 34 heavy (non-hydrogen) atoms. The van der Waals surface area contributed by atoms with Gasteiger partial charge < -0.3 is 11.5 Å². The molecule has 0 radical (unpaired) electrons. The van der Waals surface area contributed by atoms with E-state index in [0.29, 0.717) is 22.9 Å². The van der Waals surface area contributed by atoms with Crippen LogP contribution in [0.5, 0.6) is 0 Å². The highest BCUT2D eigenvalue weighted by Gasteiger charge is 2.49. The van der Waals surface area contributed by atoms with Crippen LogP contribution in [0.3, 0.4) is 0 Å². The van der Waals surface area contributed by atoms with Gasteiger partial charge in [0.05, 0.1) is 11.3 Å². The van der Waals surface area contributed by atoms with Gasteiger partial charge in [-0.3, -0.25) is 14.9 Å². The number of benzene rings is 1. The summed E-state index contributed by atoms with van der Waals surface area (Å²) in [5, 5.41) is 15.9. The zero-order valence-corrected chi connectivity index (χ0v) is 19.5. The summed E-state index contributed by atoms with van der Waals surface area (Å²) in [5.41, 5.74) is 10.1. The highest BCUT2D eigenvalue weighted by molar-refractivity contribution is 6.03. The number of carbonyl (C=O) groups is 2. The van der Waals surface area contributed by atoms with Gasteiger partial charge in [0.1, 0.15) is 23.1 Å². The molecule has 0 fully saturated rings. The number of rotatable bonds is 6. The van der Waals surface area contributed by atoms with Crippen molar-refractivity contribution in [1.82, 2.24) is 15.1 Å². The van der Waals surface area contributed by atoms with Crippen LogP contribution in [0.2, 0.25) is 0 Å². The van der Waals surface area contributed by atoms with Crippen molar-refractivity contribution < 1.29 is 22.8 Å². The highest BCUT2D eigenvalue weighted by Crippen LogP contribution is 2.41. The Labute approximate surface area is 195 Å². The van der Waals surface area contributed by atoms with E-state index in [1.54, 1.807) is 28.9 Å². The molecule has 1 atom stereocenters. The Morgan fingerprint density at radius 3 is 2.21 bits per heavy atom. The van der Waals surface area contributed by atoms with Gasteiger partial charge in [-0.15, -0.1) is 0 Å². The highest BCUT2D eigenvalue weighted by atomic mass is 19.4. The summed E-state index contributed by atoms with van der Waals surface area (Å²) in [6.45, 7) is 6.98. The van der Waals surface area contributed by atoms with E-state index in [-0.39, 0.29) is 17.4 Å². The van der Waals surface area contributed by atoms with Crippen LogP contribution in [0, 0.1) is 16.7 Å². The number of nitrogens with one attached hydrogen (secondary N) is 1. The molecule has 1 aromatic carbocycles. The van der Waals surface area contributed by atoms with Crippen molar-refractivity contribution in [2.24, 2.45) is 11.1 Å². The molecule has 1 aromatic heterocycles. The van der Waals surface area contributed by atoms with Crippen LogP contribution in [-0.4, -0.2) is 27.8 Å². The van der Waals surface area contributed by atoms with Crippen LogP contribution in [0.4, 0.5) is 19.0 Å². The van der Waals surface area contributed by atoms with E-state index in [2.05, 4.69) is 11.2 Å². The number of nitriles is 1. The normalized spacial score (nSPS) is 13.5. The van der Waals surface area contributed by atoms with Gasteiger partial charge in [-0.2, -0.15) is 23.5 Å². The van der Waals surface area contributed by atoms with Gasteiger partial charge in [0.25, 0.3) is 5.91 Å². The number of alkyl halides is 3. The topological polar surface area (TPSA) is 140 Å². The van der Waals surface area contributed by atoms with Crippen molar-refractivity contribution >= 4 is 17.6 Å². The van der Waals surface area contributed by atoms with Crippen molar-refractivity contribution in [2.45, 2.75) is 52.8 Å². The lowest BCUT2D eigenvalue weighted by molar-refractivity contribution is -0.197. The summed E-state index contributed by atoms with van der Waals surface area (Å²) in [5.74, 6) is -2.30. The van der Waals surface area contributed by atoms with Gasteiger partial charge in [-0.25, -0.2) is 4.68 Å². The standard InChI is InChI=1S/C23H27F3N6O2/c1-12(2)32-20(29)16(11-27)19(31-32)15-8-6-14(7-9-15)13(3)21(34)30-18(33)10-17(28)22(4,5)23(24,25)26/h6-10,12-13H,28-29H2,1-5H3,(H,30,33,34). The number of allylic oxidation sites excluding steroid dienone is 1. The third-order valence-corrected chi connectivity index (χ3v) is 5.59. The molecule has 0 aliphatic heterocycles. The van der Waals surface area contributed by atoms with Crippen molar-refractivity contribution in [2.75, 3.05) is 5.73 Å². The maximum atomic E-state index is 13.1. The molecule has 0 bridgehead atoms. The minimum Gasteiger partial charge on any atom is -0.401 e. The molecule has 0 spiro atoms. The van der Waals surface area contributed by atoms with Crippen LogP contribution < -0.4 is 16.8 Å². The van der Waals surface area contributed by atoms with Gasteiger partial charge in [0.2, 0.25) is 5.91 Å². The Morgan fingerprint density at radius 2 is 1.74 bits per heavy atom. The lowest BCUT2D eigenvalue weighted by atomic mass is 9.88. The van der Waals surface area contributed by atoms with Crippen LogP contribution in [0.1, 0.15) is 57.7 Å². The maximum Gasteiger partial charge on any atom is 0.399 e. The van der Waals surface area contributed by atoms with Crippen molar-refractivity contribution in [3.8, 4) is 17.3 Å². The summed E-state index contributed by atoms with van der Waals surface area (Å²) in [6, 6.07) is 8.60. The summed E-state index contributed by atoms with van der Waals surface area (Å²) >= 11 is 0. The molecule has 182 valence electrons. The molecule has 2 rings (SSSR count). The fourth-order valence-corrected chi connectivity index (χ4v) is 2.99. The number of imide groups is 1. The average Bonchev–Trinajstić information content (AvgIpc) is 3.08. The molecule has 8 nitrogen and oxygen atoms in total. The number of nitrogens with zero attached hydrogens (tertiary/aromatic N) is 3. The number of hydrogen-bond donors (Lipinski definition) is 3. The maximum absolute atomic E-state index is 13.1. The smallest absolute Gasteiger partial charge is 0.399 e. The second-order valence-electron chi connectivity index (χ2n) is 8.68. The Kier molecular flexibility index (Phi) is 7.46. The number of nitrogens with two attached hydrogens (primary N) is 2. The lowest BCUT2D eigenvalue weighted by Gasteiger charge is -2.28. The number of amides is 2. The minimum absolute atomic E-state index is 0.0498. The minimum atomic E-state index is -4.66. The summed E-state index contributed by atoms with van der Waals surface area (Å²) in [7, 11) is 0. The van der Waals surface area contributed by atoms with E-state index in [9.17, 15) is 28.0 Å². The molecule has 2 amide bonds. The molecular weight excluding hydrogens is 449 g/mol. The van der Waals surface area contributed by atoms with Gasteiger partial charge in [0.15, 0.2) is 0 Å². The summed E-state index contributed by atoms with van der Waals surface area (Å²) < 4.78 is 40.7. The SMILES string of the molecule is CC(C(=O)NC(=O)C=C(N)C(C)(C)C(F)(F)F)c1ccc(-c2nn(C(C)C)c(N)c2C#N)cc1. The van der Waals surface area contributed by atoms with Crippen LogP contribution >= 0.6 is 0 Å². The van der Waals surface area contributed by atoms with E-state index in [4.69, 9.17) is 11.5 Å². The monoisotopic (exact) mass is 476 g/mol. The molecule has 1 heterocycles. The van der Waals surface area contributed by atoms with Gasteiger partial charge in [-0.05, 0) is 40.2 Å². The zero-order valence-electron chi connectivity index (χ0n) is 19.5. The van der Waals surface area contributed by atoms with Gasteiger partial charge >= 0.3 is 6.18 Å². The number of carbonyl (C=O) groups excluding carboxylic acids is 2. The summed E-state index contributed by atoms with van der Waals surface area (Å²) in [6.07, 6.45) is -4.09. The van der Waals surface area contributed by atoms with E-state index in [0.717, 1.165) is 13.8 Å². The molecule has 1 unspecified atom stereocenters. The number of hydrogen-bond acceptors (Lipinski definition) is 6. The summed E-state index contributed by atoms with van der Waals surface area (Å²) in [4.78, 5) is 24.5. The van der Waals surface area contributed by atoms with E-state index < -0.39 is 35.0 Å². The Bertz CT molecular complexity index is 1160. The van der Waals surface area contributed by atoms with Crippen LogP contribution in [0.15, 0.2) is 36.0 Å². The first-order valence-electron chi connectivity index (χ1n) is 10.4. The predicted octanol–water partition coefficient (Wildman–Crippen LogP) is 3.76. The quantitative estimate of drug-likeness (QED) is 0.543. The molecular formula is C23H27F3N6O2. The number of aromatic nitrogens is 2. The zero-order chi connectivity index (χ0) is 26.0. The van der Waals surface area contributed by atoms with Crippen LogP contribution in [-0.2, 0) is 9.59 Å². The number of anilines is 1. The van der Waals surface area contributed by atoms with Gasteiger partial charge in [-0.1, -0.05) is 24.3 Å². The second kappa shape index (κ2) is 9.59. The molecule has 0 aliphatic rings. The third-order valence-electron chi connectivity index (χ3n) is 5.59. The second-order valence-corrected chi connectivity index (χ2v) is 8.68. The fraction of sp³-hybridized carbons (Fsp3) is 0.391. The Morgan fingerprint density at radius 1 is 1.18 bits per heavy atom. The predicted molar refractivity (Wildman–Crippen MR) is 121 cm³/mol. The van der Waals surface area contributed by atoms with E-state index in [1.807, 2.05) is 19.2 Å². The van der Waals surface area contributed by atoms with Crippen molar-refractivity contribution in [3.05, 3.63) is 47.2 Å². The molecule has 2 aromatic rings. The van der Waals surface area contributed by atoms with Crippen molar-refractivity contribution in [1.29, 1.82) is 5.26 Å². The average molecular weight is 477 g/mol. The Balaban J connectivity index is 2.19. The lowest BCUT2D eigenvalue weighted by Crippen LogP contribution is -2.39. The van der Waals surface area contributed by atoms with Crippen molar-refractivity contribution in [3.63, 3.8) is 0 Å². The van der Waals surface area contributed by atoms with Crippen LogP contribution in [0.25, 0.3) is 11.3 Å². The molecule has 0 saturated carbocycles. The first-order valence-corrected chi connectivity index (χ1v) is 10.4. The van der Waals surface area contributed by atoms with E-state index >= 15 is 0 Å².